The number of carbonyl (C=O) groups is 1. The smallest absolute Gasteiger partial charge is 0.288 e. The van der Waals surface area contributed by atoms with Crippen LogP contribution in [-0.4, -0.2) is 38.7 Å². The average molecular weight is 312 g/mol. The predicted molar refractivity (Wildman–Crippen MR) is 83.0 cm³/mol. The molecule has 3 aromatic rings. The third kappa shape index (κ3) is 2.41. The van der Waals surface area contributed by atoms with E-state index < -0.39 is 5.91 Å². The summed E-state index contributed by atoms with van der Waals surface area (Å²) in [5.41, 5.74) is 6.04. The van der Waals surface area contributed by atoms with Crippen molar-refractivity contribution in [2.75, 3.05) is 18.0 Å². The lowest BCUT2D eigenvalue weighted by molar-refractivity contribution is 0.0990. The van der Waals surface area contributed by atoms with Crippen molar-refractivity contribution in [3.05, 3.63) is 36.7 Å². The highest BCUT2D eigenvalue weighted by molar-refractivity contribution is 5.89. The van der Waals surface area contributed by atoms with Crippen LogP contribution in [0.2, 0.25) is 0 Å². The summed E-state index contributed by atoms with van der Waals surface area (Å²) in [4.78, 5) is 21.8. The number of hydrogen-bond acceptors (Lipinski definition) is 6. The molecule has 1 aliphatic rings. The second-order valence-electron chi connectivity index (χ2n) is 5.62. The van der Waals surface area contributed by atoms with Crippen LogP contribution in [0, 0.1) is 0 Å². The molecule has 0 radical (unpaired) electrons. The number of anilines is 1. The Morgan fingerprint density at radius 2 is 2.26 bits per heavy atom. The Morgan fingerprint density at radius 1 is 1.35 bits per heavy atom. The van der Waals surface area contributed by atoms with Crippen LogP contribution < -0.4 is 10.6 Å². The summed E-state index contributed by atoms with van der Waals surface area (Å²) >= 11 is 0. The van der Waals surface area contributed by atoms with Gasteiger partial charge in [0.15, 0.2) is 0 Å². The molecule has 23 heavy (non-hydrogen) atoms. The zero-order valence-electron chi connectivity index (χ0n) is 12.4. The van der Waals surface area contributed by atoms with Crippen LogP contribution in [0.15, 0.2) is 35.3 Å². The van der Waals surface area contributed by atoms with Gasteiger partial charge in [-0.2, -0.15) is 0 Å². The van der Waals surface area contributed by atoms with Gasteiger partial charge >= 0.3 is 0 Å². The number of amides is 1. The number of piperidine rings is 1. The number of nitrogens with two attached hydrogens (primary N) is 1. The van der Waals surface area contributed by atoms with Gasteiger partial charge in [-0.05, 0) is 25.0 Å². The van der Waals surface area contributed by atoms with Gasteiger partial charge in [0.05, 0.1) is 17.7 Å². The molecule has 118 valence electrons. The molecule has 0 aromatic carbocycles. The number of fused-ring (bicyclic) bond motifs is 1. The third-order valence-corrected chi connectivity index (χ3v) is 4.16. The lowest BCUT2D eigenvalue weighted by Crippen LogP contribution is -2.37. The fourth-order valence-corrected chi connectivity index (χ4v) is 3.06. The molecule has 8 heteroatoms. The molecule has 1 saturated heterocycles. The standard InChI is InChI=1S/C15H16N6O2/c16-13(22)14-18-9-21(19-14)10-2-1-6-20(8-10)15-11-4-7-23-12(11)3-5-17-15/h3-5,7,9-10H,1-2,6,8H2,(H2,16,22)/t10-/m1/s1. The van der Waals surface area contributed by atoms with Crippen molar-refractivity contribution in [2.45, 2.75) is 18.9 Å². The topological polar surface area (TPSA) is 103 Å². The van der Waals surface area contributed by atoms with Gasteiger partial charge in [-0.15, -0.1) is 5.10 Å². The van der Waals surface area contributed by atoms with Gasteiger partial charge in [-0.25, -0.2) is 14.6 Å². The van der Waals surface area contributed by atoms with E-state index in [-0.39, 0.29) is 11.9 Å². The normalized spacial score (nSPS) is 18.4. The van der Waals surface area contributed by atoms with E-state index in [0.29, 0.717) is 0 Å². The number of carbonyl (C=O) groups excluding carboxylic acids is 1. The first-order valence-corrected chi connectivity index (χ1v) is 7.50. The van der Waals surface area contributed by atoms with Gasteiger partial charge in [0.25, 0.3) is 5.91 Å². The lowest BCUT2D eigenvalue weighted by Gasteiger charge is -2.33. The van der Waals surface area contributed by atoms with E-state index in [4.69, 9.17) is 10.2 Å². The molecular formula is C15H16N6O2. The Hall–Kier alpha value is -2.90. The minimum Gasteiger partial charge on any atom is -0.464 e. The summed E-state index contributed by atoms with van der Waals surface area (Å²) in [6.45, 7) is 1.67. The van der Waals surface area contributed by atoms with Gasteiger partial charge in [-0.1, -0.05) is 0 Å². The second-order valence-corrected chi connectivity index (χ2v) is 5.62. The molecule has 1 aliphatic heterocycles. The average Bonchev–Trinajstić information content (AvgIpc) is 3.24. The van der Waals surface area contributed by atoms with Gasteiger partial charge in [-0.3, -0.25) is 4.79 Å². The lowest BCUT2D eigenvalue weighted by atomic mass is 10.1. The zero-order chi connectivity index (χ0) is 15.8. The molecule has 1 fully saturated rings. The Morgan fingerprint density at radius 3 is 3.09 bits per heavy atom. The first-order valence-electron chi connectivity index (χ1n) is 7.50. The number of rotatable bonds is 3. The fourth-order valence-electron chi connectivity index (χ4n) is 3.06. The summed E-state index contributed by atoms with van der Waals surface area (Å²) in [5, 5.41) is 5.18. The van der Waals surface area contributed by atoms with Gasteiger partial charge in [0, 0.05) is 19.3 Å². The molecule has 4 heterocycles. The van der Waals surface area contributed by atoms with Crippen LogP contribution in [0.25, 0.3) is 11.0 Å². The number of primary amides is 1. The summed E-state index contributed by atoms with van der Waals surface area (Å²) in [7, 11) is 0. The third-order valence-electron chi connectivity index (χ3n) is 4.16. The molecular weight excluding hydrogens is 296 g/mol. The van der Waals surface area contributed by atoms with Crippen LogP contribution in [0.4, 0.5) is 5.82 Å². The Kier molecular flexibility index (Phi) is 3.22. The Balaban J connectivity index is 1.61. The molecule has 0 spiro atoms. The summed E-state index contributed by atoms with van der Waals surface area (Å²) in [6, 6.07) is 3.92. The van der Waals surface area contributed by atoms with E-state index in [1.165, 1.54) is 0 Å². The SMILES string of the molecule is NC(=O)c1ncn([C@@H]2CCCN(c3nccc4occc34)C2)n1. The molecule has 0 unspecified atom stereocenters. The number of nitrogens with zero attached hydrogens (tertiary/aromatic N) is 5. The first kappa shape index (κ1) is 13.7. The Labute approximate surface area is 131 Å². The number of furan rings is 1. The van der Waals surface area contributed by atoms with Crippen LogP contribution in [-0.2, 0) is 0 Å². The maximum absolute atomic E-state index is 11.2. The minimum atomic E-state index is -0.610. The van der Waals surface area contributed by atoms with E-state index in [0.717, 1.165) is 42.7 Å². The molecule has 0 saturated carbocycles. The molecule has 3 aromatic heterocycles. The quantitative estimate of drug-likeness (QED) is 0.783. The van der Waals surface area contributed by atoms with Crippen LogP contribution in [0.5, 0.6) is 0 Å². The highest BCUT2D eigenvalue weighted by atomic mass is 16.3. The van der Waals surface area contributed by atoms with Gasteiger partial charge < -0.3 is 15.1 Å². The van der Waals surface area contributed by atoms with Crippen LogP contribution in [0.1, 0.15) is 29.5 Å². The van der Waals surface area contributed by atoms with Crippen molar-refractivity contribution < 1.29 is 9.21 Å². The van der Waals surface area contributed by atoms with E-state index >= 15 is 0 Å². The Bertz CT molecular complexity index is 854. The van der Waals surface area contributed by atoms with Gasteiger partial charge in [0.1, 0.15) is 17.7 Å². The maximum Gasteiger partial charge on any atom is 0.288 e. The highest BCUT2D eigenvalue weighted by Gasteiger charge is 2.25. The molecule has 4 rings (SSSR count). The number of hydrogen-bond donors (Lipinski definition) is 1. The van der Waals surface area contributed by atoms with Crippen molar-refractivity contribution in [1.82, 2.24) is 19.7 Å². The second kappa shape index (κ2) is 5.38. The first-order chi connectivity index (χ1) is 11.2. The van der Waals surface area contributed by atoms with E-state index in [1.807, 2.05) is 12.1 Å². The zero-order valence-corrected chi connectivity index (χ0v) is 12.4. The monoisotopic (exact) mass is 312 g/mol. The van der Waals surface area contributed by atoms with Gasteiger partial charge in [0.2, 0.25) is 5.82 Å². The molecule has 8 nitrogen and oxygen atoms in total. The van der Waals surface area contributed by atoms with E-state index in [2.05, 4.69) is 20.0 Å². The van der Waals surface area contributed by atoms with E-state index in [9.17, 15) is 4.79 Å². The minimum absolute atomic E-state index is 0.0529. The molecule has 0 aliphatic carbocycles. The van der Waals surface area contributed by atoms with Crippen molar-refractivity contribution in [3.63, 3.8) is 0 Å². The fraction of sp³-hybridized carbons (Fsp3) is 0.333. The van der Waals surface area contributed by atoms with Crippen LogP contribution >= 0.6 is 0 Å². The summed E-state index contributed by atoms with van der Waals surface area (Å²) in [5.74, 6) is 0.356. The maximum atomic E-state index is 11.2. The van der Waals surface area contributed by atoms with E-state index in [1.54, 1.807) is 23.5 Å². The highest BCUT2D eigenvalue weighted by Crippen LogP contribution is 2.30. The van der Waals surface area contributed by atoms with Crippen LogP contribution in [0.3, 0.4) is 0 Å². The molecule has 2 N–H and O–H groups in total. The van der Waals surface area contributed by atoms with Crippen molar-refractivity contribution in [2.24, 2.45) is 5.73 Å². The summed E-state index contributed by atoms with van der Waals surface area (Å²) in [6.07, 6.45) is 6.98. The molecule has 1 atom stereocenters. The summed E-state index contributed by atoms with van der Waals surface area (Å²) < 4.78 is 7.17. The predicted octanol–water partition coefficient (Wildman–Crippen LogP) is 1.36. The van der Waals surface area contributed by atoms with Crippen molar-refractivity contribution in [3.8, 4) is 0 Å². The largest absolute Gasteiger partial charge is 0.464 e. The van der Waals surface area contributed by atoms with Crippen molar-refractivity contribution in [1.29, 1.82) is 0 Å². The number of aromatic nitrogens is 4. The molecule has 0 bridgehead atoms. The number of pyridine rings is 1. The molecule has 1 amide bonds. The van der Waals surface area contributed by atoms with Crippen molar-refractivity contribution >= 4 is 22.7 Å².